The maximum Gasteiger partial charge on any atom is 0.308 e. The Bertz CT molecular complexity index is 403. The minimum absolute atomic E-state index is 0.231. The predicted molar refractivity (Wildman–Crippen MR) is 64.6 cm³/mol. The van der Waals surface area contributed by atoms with Gasteiger partial charge in [-0.15, -0.1) is 0 Å². The normalized spacial score (nSPS) is 9.17. The van der Waals surface area contributed by atoms with Crippen LogP contribution in [0.3, 0.4) is 0 Å². The lowest BCUT2D eigenvalue weighted by Gasteiger charge is -2.05. The van der Waals surface area contributed by atoms with E-state index in [0.717, 1.165) is 0 Å². The van der Waals surface area contributed by atoms with Gasteiger partial charge in [0.25, 0.3) is 0 Å². The molecule has 6 heteroatoms. The first-order chi connectivity index (χ1) is 8.38. The van der Waals surface area contributed by atoms with Gasteiger partial charge in [-0.05, 0) is 0 Å². The van der Waals surface area contributed by atoms with E-state index >= 15 is 0 Å². The van der Waals surface area contributed by atoms with Crippen molar-refractivity contribution in [2.24, 2.45) is 5.92 Å². The fourth-order valence-electron chi connectivity index (χ4n) is 0.767. The maximum atomic E-state index is 10.6. The van der Waals surface area contributed by atoms with E-state index in [1.54, 1.807) is 26.1 Å². The molecule has 1 heterocycles. The average Bonchev–Trinajstić information content (AvgIpc) is 2.29. The summed E-state index contributed by atoms with van der Waals surface area (Å²) in [6, 6.07) is 1.62. The Kier molecular flexibility index (Phi) is 7.11. The number of aliphatic carboxylic acids is 1. The van der Waals surface area contributed by atoms with Crippen LogP contribution in [0.5, 0.6) is 11.5 Å². The van der Waals surface area contributed by atoms with Crippen molar-refractivity contribution in [1.29, 1.82) is 0 Å². The van der Waals surface area contributed by atoms with Crippen LogP contribution in [0.2, 0.25) is 0 Å². The van der Waals surface area contributed by atoms with E-state index in [1.165, 1.54) is 20.2 Å². The minimum atomic E-state index is -0.741. The summed E-state index contributed by atoms with van der Waals surface area (Å²) in [5, 5.41) is 7.99. The van der Waals surface area contributed by atoms with Crippen LogP contribution in [-0.4, -0.2) is 29.1 Å². The number of rotatable bonds is 3. The maximum absolute atomic E-state index is 10.6. The summed E-state index contributed by atoms with van der Waals surface area (Å²) >= 11 is 0. The third-order valence-electron chi connectivity index (χ3n) is 1.71. The number of ether oxygens (including phenoxy) is 2. The SMILES string of the molecule is CC(C)C(=O)O.COc1ccncc1OC(C)=O. The number of aromatic nitrogens is 1. The second-order valence-corrected chi connectivity index (χ2v) is 3.61. The first-order valence-electron chi connectivity index (χ1n) is 5.27. The van der Waals surface area contributed by atoms with E-state index in [0.29, 0.717) is 11.5 Å². The van der Waals surface area contributed by atoms with Crippen molar-refractivity contribution >= 4 is 11.9 Å². The average molecular weight is 255 g/mol. The van der Waals surface area contributed by atoms with Crippen LogP contribution < -0.4 is 9.47 Å². The number of esters is 1. The molecule has 0 fully saturated rings. The smallest absolute Gasteiger partial charge is 0.308 e. The fourth-order valence-corrected chi connectivity index (χ4v) is 0.767. The van der Waals surface area contributed by atoms with Gasteiger partial charge in [0, 0.05) is 19.2 Å². The first kappa shape index (κ1) is 15.9. The van der Waals surface area contributed by atoms with Gasteiger partial charge in [-0.3, -0.25) is 14.6 Å². The van der Waals surface area contributed by atoms with Crippen molar-refractivity contribution in [1.82, 2.24) is 4.98 Å². The molecule has 6 nitrogen and oxygen atoms in total. The summed E-state index contributed by atoms with van der Waals surface area (Å²) in [4.78, 5) is 24.1. The molecule has 1 rings (SSSR count). The summed E-state index contributed by atoms with van der Waals surface area (Å²) in [7, 11) is 1.50. The van der Waals surface area contributed by atoms with Crippen LogP contribution in [0.4, 0.5) is 0 Å². The summed E-state index contributed by atoms with van der Waals surface area (Å²) in [6.07, 6.45) is 2.99. The molecule has 0 aromatic carbocycles. The number of hydrogen-bond donors (Lipinski definition) is 1. The van der Waals surface area contributed by atoms with Crippen molar-refractivity contribution in [2.45, 2.75) is 20.8 Å². The Morgan fingerprint density at radius 3 is 2.28 bits per heavy atom. The van der Waals surface area contributed by atoms with Crippen molar-refractivity contribution in [3.63, 3.8) is 0 Å². The molecule has 0 aliphatic heterocycles. The highest BCUT2D eigenvalue weighted by molar-refractivity contribution is 5.70. The van der Waals surface area contributed by atoms with E-state index in [1.807, 2.05) is 0 Å². The van der Waals surface area contributed by atoms with Gasteiger partial charge in [0.1, 0.15) is 0 Å². The monoisotopic (exact) mass is 255 g/mol. The minimum Gasteiger partial charge on any atom is -0.493 e. The zero-order valence-electron chi connectivity index (χ0n) is 10.8. The largest absolute Gasteiger partial charge is 0.493 e. The number of carbonyl (C=O) groups excluding carboxylic acids is 1. The van der Waals surface area contributed by atoms with Crippen LogP contribution in [0.25, 0.3) is 0 Å². The van der Waals surface area contributed by atoms with Crippen molar-refractivity contribution < 1.29 is 24.2 Å². The quantitative estimate of drug-likeness (QED) is 0.828. The van der Waals surface area contributed by atoms with Gasteiger partial charge in [0.15, 0.2) is 11.5 Å². The van der Waals surface area contributed by atoms with Gasteiger partial charge in [0.05, 0.1) is 19.2 Å². The Labute approximate surface area is 106 Å². The molecular formula is C12H17NO5. The number of hydrogen-bond acceptors (Lipinski definition) is 5. The van der Waals surface area contributed by atoms with Crippen LogP contribution >= 0.6 is 0 Å². The van der Waals surface area contributed by atoms with Crippen LogP contribution in [0.15, 0.2) is 18.5 Å². The molecule has 0 aliphatic carbocycles. The Balaban J connectivity index is 0.000000411. The third kappa shape index (κ3) is 6.47. The summed E-state index contributed by atoms with van der Waals surface area (Å²) < 4.78 is 9.74. The summed E-state index contributed by atoms with van der Waals surface area (Å²) in [5.74, 6) is -0.519. The topological polar surface area (TPSA) is 85.7 Å². The highest BCUT2D eigenvalue weighted by Crippen LogP contribution is 2.24. The molecule has 1 aromatic heterocycles. The molecule has 100 valence electrons. The molecule has 0 bridgehead atoms. The Morgan fingerprint density at radius 2 is 1.89 bits per heavy atom. The third-order valence-corrected chi connectivity index (χ3v) is 1.71. The van der Waals surface area contributed by atoms with Gasteiger partial charge in [0.2, 0.25) is 0 Å². The van der Waals surface area contributed by atoms with Crippen LogP contribution in [0, 0.1) is 5.92 Å². The molecule has 18 heavy (non-hydrogen) atoms. The zero-order chi connectivity index (χ0) is 14.1. The molecule has 0 atom stereocenters. The number of pyridine rings is 1. The second kappa shape index (κ2) is 8.05. The molecule has 0 radical (unpaired) electrons. The lowest BCUT2D eigenvalue weighted by molar-refractivity contribution is -0.140. The van der Waals surface area contributed by atoms with Crippen molar-refractivity contribution in [3.8, 4) is 11.5 Å². The molecular weight excluding hydrogens is 238 g/mol. The molecule has 0 saturated heterocycles. The highest BCUT2D eigenvalue weighted by atomic mass is 16.6. The number of nitrogens with zero attached hydrogens (tertiary/aromatic N) is 1. The second-order valence-electron chi connectivity index (χ2n) is 3.61. The lowest BCUT2D eigenvalue weighted by Crippen LogP contribution is -2.03. The van der Waals surface area contributed by atoms with Gasteiger partial charge in [-0.2, -0.15) is 0 Å². The number of carbonyl (C=O) groups is 2. The fraction of sp³-hybridized carbons (Fsp3) is 0.417. The van der Waals surface area contributed by atoms with Crippen LogP contribution in [0.1, 0.15) is 20.8 Å². The number of carboxylic acid groups (broad SMARTS) is 1. The van der Waals surface area contributed by atoms with E-state index in [4.69, 9.17) is 14.6 Å². The van der Waals surface area contributed by atoms with Gasteiger partial charge in [-0.1, -0.05) is 13.8 Å². The summed E-state index contributed by atoms with van der Waals surface area (Å²) in [6.45, 7) is 4.61. The molecule has 1 N–H and O–H groups in total. The van der Waals surface area contributed by atoms with Crippen molar-refractivity contribution in [2.75, 3.05) is 7.11 Å². The number of methoxy groups -OCH3 is 1. The molecule has 0 unspecified atom stereocenters. The predicted octanol–water partition coefficient (Wildman–Crippen LogP) is 1.74. The Hall–Kier alpha value is -2.11. The molecule has 0 spiro atoms. The number of carboxylic acids is 1. The van der Waals surface area contributed by atoms with E-state index in [-0.39, 0.29) is 11.9 Å². The molecule has 0 amide bonds. The summed E-state index contributed by atoms with van der Waals surface area (Å²) in [5.41, 5.74) is 0. The highest BCUT2D eigenvalue weighted by Gasteiger charge is 2.04. The molecule has 0 saturated carbocycles. The molecule has 0 aliphatic rings. The van der Waals surface area contributed by atoms with Crippen molar-refractivity contribution in [3.05, 3.63) is 18.5 Å². The van der Waals surface area contributed by atoms with Gasteiger partial charge in [-0.25, -0.2) is 0 Å². The van der Waals surface area contributed by atoms with Gasteiger partial charge >= 0.3 is 11.9 Å². The van der Waals surface area contributed by atoms with E-state index in [2.05, 4.69) is 4.98 Å². The first-order valence-corrected chi connectivity index (χ1v) is 5.27. The Morgan fingerprint density at radius 1 is 1.33 bits per heavy atom. The molecule has 1 aromatic rings. The zero-order valence-corrected chi connectivity index (χ0v) is 10.8. The lowest BCUT2D eigenvalue weighted by atomic mass is 10.2. The van der Waals surface area contributed by atoms with E-state index in [9.17, 15) is 9.59 Å². The standard InChI is InChI=1S/C8H9NO3.C4H8O2/c1-6(10)12-8-5-9-4-3-7(8)11-2;1-3(2)4(5)6/h3-5H,1-2H3;3H,1-2H3,(H,5,6). The van der Waals surface area contributed by atoms with E-state index < -0.39 is 5.97 Å². The van der Waals surface area contributed by atoms with Crippen LogP contribution in [-0.2, 0) is 9.59 Å². The van der Waals surface area contributed by atoms with Gasteiger partial charge < -0.3 is 14.6 Å².